The van der Waals surface area contributed by atoms with Crippen LogP contribution >= 0.6 is 15.9 Å². The molecule has 21 heavy (non-hydrogen) atoms. The van der Waals surface area contributed by atoms with E-state index in [-0.39, 0.29) is 11.9 Å². The summed E-state index contributed by atoms with van der Waals surface area (Å²) in [6.07, 6.45) is 1.71. The largest absolute Gasteiger partial charge is 0.497 e. The summed E-state index contributed by atoms with van der Waals surface area (Å²) < 4.78 is 11.4. The normalized spacial score (nSPS) is 11.8. The number of carbonyl (C=O) groups is 1. The molecule has 0 radical (unpaired) electrons. The molecule has 0 aliphatic carbocycles. The molecule has 2 N–H and O–H groups in total. The number of methoxy groups -OCH3 is 2. The first-order chi connectivity index (χ1) is 10.0. The number of amides is 1. The fourth-order valence-electron chi connectivity index (χ4n) is 2.03. The zero-order chi connectivity index (χ0) is 15.4. The average Bonchev–Trinajstić information content (AvgIpc) is 2.93. The van der Waals surface area contributed by atoms with Gasteiger partial charge in [-0.1, -0.05) is 0 Å². The van der Waals surface area contributed by atoms with Crippen LogP contribution in [-0.4, -0.2) is 25.1 Å². The van der Waals surface area contributed by atoms with E-state index >= 15 is 0 Å². The van der Waals surface area contributed by atoms with Crippen LogP contribution in [0.3, 0.4) is 0 Å². The standard InChI is InChI=1S/C15H17BrN2O3/c1-9(18-15(19)13-6-10(16)8-17-13)12-7-11(20-2)4-5-14(12)21-3/h4-9,17H,1-3H3,(H,18,19). The van der Waals surface area contributed by atoms with Gasteiger partial charge in [-0.05, 0) is 47.1 Å². The van der Waals surface area contributed by atoms with E-state index in [1.807, 2.05) is 25.1 Å². The minimum atomic E-state index is -0.218. The zero-order valence-electron chi connectivity index (χ0n) is 12.1. The van der Waals surface area contributed by atoms with E-state index in [4.69, 9.17) is 9.47 Å². The van der Waals surface area contributed by atoms with Crippen molar-refractivity contribution in [1.29, 1.82) is 0 Å². The van der Waals surface area contributed by atoms with Crippen LogP contribution in [0.4, 0.5) is 0 Å². The predicted molar refractivity (Wildman–Crippen MR) is 83.9 cm³/mol. The van der Waals surface area contributed by atoms with Gasteiger partial charge in [-0.2, -0.15) is 0 Å². The summed E-state index contributed by atoms with van der Waals surface area (Å²) in [6, 6.07) is 7.00. The van der Waals surface area contributed by atoms with Gasteiger partial charge in [-0.25, -0.2) is 0 Å². The summed E-state index contributed by atoms with van der Waals surface area (Å²) in [7, 11) is 3.20. The van der Waals surface area contributed by atoms with Crippen LogP contribution in [0.15, 0.2) is 34.9 Å². The zero-order valence-corrected chi connectivity index (χ0v) is 13.7. The first-order valence-corrected chi connectivity index (χ1v) is 7.21. The molecule has 0 saturated carbocycles. The number of rotatable bonds is 5. The third-order valence-corrected chi connectivity index (χ3v) is 3.60. The number of ether oxygens (including phenoxy) is 2. The van der Waals surface area contributed by atoms with Crippen molar-refractivity contribution in [2.24, 2.45) is 0 Å². The number of halogens is 1. The quantitative estimate of drug-likeness (QED) is 0.867. The molecular formula is C15H17BrN2O3. The lowest BCUT2D eigenvalue weighted by Gasteiger charge is -2.18. The first-order valence-electron chi connectivity index (χ1n) is 6.42. The molecule has 1 heterocycles. The fourth-order valence-corrected chi connectivity index (χ4v) is 2.37. The number of benzene rings is 1. The second kappa shape index (κ2) is 6.67. The Labute approximate surface area is 131 Å². The molecule has 0 saturated heterocycles. The van der Waals surface area contributed by atoms with E-state index < -0.39 is 0 Å². The highest BCUT2D eigenvalue weighted by Crippen LogP contribution is 2.29. The molecule has 0 aliphatic heterocycles. The number of H-pyrrole nitrogens is 1. The van der Waals surface area contributed by atoms with Crippen molar-refractivity contribution in [2.75, 3.05) is 14.2 Å². The molecule has 5 nitrogen and oxygen atoms in total. The molecule has 1 aromatic carbocycles. The maximum Gasteiger partial charge on any atom is 0.268 e. The van der Waals surface area contributed by atoms with Gasteiger partial charge in [-0.15, -0.1) is 0 Å². The van der Waals surface area contributed by atoms with Crippen LogP contribution in [-0.2, 0) is 0 Å². The Kier molecular flexibility index (Phi) is 4.90. The number of hydrogen-bond donors (Lipinski definition) is 2. The molecule has 6 heteroatoms. The van der Waals surface area contributed by atoms with Crippen LogP contribution in [0.5, 0.6) is 11.5 Å². The first kappa shape index (κ1) is 15.4. The van der Waals surface area contributed by atoms with E-state index in [1.54, 1.807) is 26.5 Å². The maximum atomic E-state index is 12.2. The van der Waals surface area contributed by atoms with Gasteiger partial charge >= 0.3 is 0 Å². The van der Waals surface area contributed by atoms with Gasteiger partial charge < -0.3 is 19.8 Å². The molecule has 2 rings (SSSR count). The van der Waals surface area contributed by atoms with E-state index in [0.717, 1.165) is 15.8 Å². The second-order valence-corrected chi connectivity index (χ2v) is 5.45. The van der Waals surface area contributed by atoms with Crippen molar-refractivity contribution >= 4 is 21.8 Å². The average molecular weight is 353 g/mol. The Balaban J connectivity index is 2.19. The fraction of sp³-hybridized carbons (Fsp3) is 0.267. The summed E-state index contributed by atoms with van der Waals surface area (Å²) in [6.45, 7) is 1.90. The molecule has 0 spiro atoms. The summed E-state index contributed by atoms with van der Waals surface area (Å²) >= 11 is 3.31. The summed E-state index contributed by atoms with van der Waals surface area (Å²) in [5, 5.41) is 2.93. The van der Waals surface area contributed by atoms with E-state index in [0.29, 0.717) is 11.4 Å². The molecule has 0 fully saturated rings. The Morgan fingerprint density at radius 2 is 2.05 bits per heavy atom. The Morgan fingerprint density at radius 3 is 2.62 bits per heavy atom. The molecule has 1 atom stereocenters. The SMILES string of the molecule is COc1ccc(OC)c(C(C)NC(=O)c2cc(Br)c[nH]2)c1. The lowest BCUT2D eigenvalue weighted by molar-refractivity contribution is 0.0935. The topological polar surface area (TPSA) is 63.4 Å². The summed E-state index contributed by atoms with van der Waals surface area (Å²) in [5.41, 5.74) is 1.35. The highest BCUT2D eigenvalue weighted by Gasteiger charge is 2.17. The minimum Gasteiger partial charge on any atom is -0.497 e. The Hall–Kier alpha value is -1.95. The number of hydrogen-bond acceptors (Lipinski definition) is 3. The van der Waals surface area contributed by atoms with Gasteiger partial charge in [0.25, 0.3) is 5.91 Å². The van der Waals surface area contributed by atoms with Crippen molar-refractivity contribution in [3.05, 3.63) is 46.2 Å². The maximum absolute atomic E-state index is 12.2. The second-order valence-electron chi connectivity index (χ2n) is 4.53. The van der Waals surface area contributed by atoms with Gasteiger partial charge in [0.15, 0.2) is 0 Å². The third-order valence-electron chi connectivity index (χ3n) is 3.14. The predicted octanol–water partition coefficient (Wildman–Crippen LogP) is 3.29. The third kappa shape index (κ3) is 3.58. The molecule has 0 bridgehead atoms. The van der Waals surface area contributed by atoms with Crippen LogP contribution in [0, 0.1) is 0 Å². The van der Waals surface area contributed by atoms with Gasteiger partial charge in [0.1, 0.15) is 17.2 Å². The summed E-state index contributed by atoms with van der Waals surface area (Å²) in [5.74, 6) is 1.24. The molecule has 112 valence electrons. The number of carbonyl (C=O) groups excluding carboxylic acids is 1. The highest BCUT2D eigenvalue weighted by atomic mass is 79.9. The summed E-state index contributed by atoms with van der Waals surface area (Å²) in [4.78, 5) is 15.1. The van der Waals surface area contributed by atoms with Crippen molar-refractivity contribution < 1.29 is 14.3 Å². The van der Waals surface area contributed by atoms with Crippen molar-refractivity contribution in [3.8, 4) is 11.5 Å². The lowest BCUT2D eigenvalue weighted by atomic mass is 10.1. The molecule has 2 aromatic rings. The van der Waals surface area contributed by atoms with Gasteiger partial charge in [-0.3, -0.25) is 4.79 Å². The monoisotopic (exact) mass is 352 g/mol. The van der Waals surface area contributed by atoms with Crippen LogP contribution < -0.4 is 14.8 Å². The lowest BCUT2D eigenvalue weighted by Crippen LogP contribution is -2.27. The van der Waals surface area contributed by atoms with Crippen molar-refractivity contribution in [1.82, 2.24) is 10.3 Å². The molecule has 1 aromatic heterocycles. The van der Waals surface area contributed by atoms with Gasteiger partial charge in [0.05, 0.1) is 20.3 Å². The van der Waals surface area contributed by atoms with Crippen LogP contribution in [0.25, 0.3) is 0 Å². The molecule has 1 amide bonds. The highest BCUT2D eigenvalue weighted by molar-refractivity contribution is 9.10. The smallest absolute Gasteiger partial charge is 0.268 e. The Morgan fingerprint density at radius 1 is 1.29 bits per heavy atom. The molecule has 0 aliphatic rings. The van der Waals surface area contributed by atoms with Crippen molar-refractivity contribution in [3.63, 3.8) is 0 Å². The van der Waals surface area contributed by atoms with Crippen LogP contribution in [0.2, 0.25) is 0 Å². The van der Waals surface area contributed by atoms with E-state index in [2.05, 4.69) is 26.2 Å². The van der Waals surface area contributed by atoms with Crippen molar-refractivity contribution in [2.45, 2.75) is 13.0 Å². The number of aromatic nitrogens is 1. The van der Waals surface area contributed by atoms with Crippen LogP contribution in [0.1, 0.15) is 29.0 Å². The minimum absolute atomic E-state index is 0.182. The van der Waals surface area contributed by atoms with E-state index in [9.17, 15) is 4.79 Å². The molecule has 1 unspecified atom stereocenters. The Bertz CT molecular complexity index is 640. The van der Waals surface area contributed by atoms with Gasteiger partial charge in [0, 0.05) is 16.2 Å². The number of nitrogens with one attached hydrogen (secondary N) is 2. The van der Waals surface area contributed by atoms with E-state index in [1.165, 1.54) is 0 Å². The molecular weight excluding hydrogens is 336 g/mol. The van der Waals surface area contributed by atoms with Gasteiger partial charge in [0.2, 0.25) is 0 Å². The number of aromatic amines is 1.